The largest absolute Gasteiger partial charge is 0.287 e. The second-order valence-corrected chi connectivity index (χ2v) is 4.64. The summed E-state index contributed by atoms with van der Waals surface area (Å²) in [7, 11) is 0. The third kappa shape index (κ3) is 1.92. The molecule has 3 nitrogen and oxygen atoms in total. The molecule has 3 heteroatoms. The molecule has 1 saturated carbocycles. The minimum atomic E-state index is -0.0000926. The van der Waals surface area contributed by atoms with Crippen molar-refractivity contribution < 1.29 is 4.79 Å². The maximum absolute atomic E-state index is 12.4. The summed E-state index contributed by atoms with van der Waals surface area (Å²) >= 11 is 0. The van der Waals surface area contributed by atoms with Gasteiger partial charge in [-0.3, -0.25) is 4.79 Å². The summed E-state index contributed by atoms with van der Waals surface area (Å²) in [4.78, 5) is 20.3. The van der Waals surface area contributed by atoms with Gasteiger partial charge in [-0.05, 0) is 30.4 Å². The molecule has 0 atom stereocenters. The minimum Gasteiger partial charge on any atom is -0.287 e. The topological polar surface area (TPSA) is 42.9 Å². The van der Waals surface area contributed by atoms with Gasteiger partial charge in [-0.1, -0.05) is 30.7 Å². The predicted octanol–water partition coefficient (Wildman–Crippen LogP) is 2.98. The fourth-order valence-electron chi connectivity index (χ4n) is 2.34. The lowest BCUT2D eigenvalue weighted by Gasteiger charge is -2.27. The first-order chi connectivity index (χ1) is 8.86. The molecule has 1 aromatic heterocycles. The number of rotatable bonds is 3. The number of carbonyl (C=O) groups excluding carboxylic acids is 1. The smallest absolute Gasteiger partial charge is 0.211 e. The van der Waals surface area contributed by atoms with Gasteiger partial charge in [-0.2, -0.15) is 0 Å². The Bertz CT molecular complexity index is 562. The van der Waals surface area contributed by atoms with Crippen LogP contribution >= 0.6 is 0 Å². The van der Waals surface area contributed by atoms with E-state index in [9.17, 15) is 4.79 Å². The average Bonchev–Trinajstić information content (AvgIpc) is 2.38. The van der Waals surface area contributed by atoms with Crippen molar-refractivity contribution in [3.8, 4) is 0 Å². The van der Waals surface area contributed by atoms with Crippen molar-refractivity contribution in [3.63, 3.8) is 0 Å². The molecular formula is C15H14N2O. The molecule has 1 aliphatic rings. The van der Waals surface area contributed by atoms with Crippen molar-refractivity contribution in [1.29, 1.82) is 0 Å². The Morgan fingerprint density at radius 2 is 2.00 bits per heavy atom. The van der Waals surface area contributed by atoms with Crippen molar-refractivity contribution in [3.05, 3.63) is 59.7 Å². The number of aromatic nitrogens is 2. The Balaban J connectivity index is 1.99. The van der Waals surface area contributed by atoms with Crippen LogP contribution in [0.5, 0.6) is 0 Å². The van der Waals surface area contributed by atoms with Gasteiger partial charge in [0.25, 0.3) is 0 Å². The molecule has 2 aromatic rings. The zero-order chi connectivity index (χ0) is 12.4. The van der Waals surface area contributed by atoms with E-state index >= 15 is 0 Å². The van der Waals surface area contributed by atoms with E-state index in [-0.39, 0.29) is 5.78 Å². The van der Waals surface area contributed by atoms with Gasteiger partial charge in [-0.25, -0.2) is 9.97 Å². The van der Waals surface area contributed by atoms with E-state index in [1.165, 1.54) is 31.2 Å². The van der Waals surface area contributed by atoms with Crippen LogP contribution in [0.15, 0.2) is 42.9 Å². The Kier molecular flexibility index (Phi) is 2.89. The van der Waals surface area contributed by atoms with Crippen LogP contribution in [0.1, 0.15) is 46.8 Å². The highest BCUT2D eigenvalue weighted by Crippen LogP contribution is 2.38. The van der Waals surface area contributed by atoms with Gasteiger partial charge in [0.1, 0.15) is 12.0 Å². The number of benzene rings is 1. The van der Waals surface area contributed by atoms with E-state index in [4.69, 9.17) is 0 Å². The van der Waals surface area contributed by atoms with E-state index < -0.39 is 0 Å². The molecular weight excluding hydrogens is 224 g/mol. The lowest BCUT2D eigenvalue weighted by Crippen LogP contribution is -2.15. The maximum atomic E-state index is 12.4. The van der Waals surface area contributed by atoms with E-state index in [0.29, 0.717) is 11.6 Å². The average molecular weight is 238 g/mol. The summed E-state index contributed by atoms with van der Waals surface area (Å²) in [5, 5.41) is 0. The molecule has 18 heavy (non-hydrogen) atoms. The SMILES string of the molecule is O=C(c1ccncn1)c1ccccc1C1CCC1. The fraction of sp³-hybridized carbons (Fsp3) is 0.267. The molecule has 1 aliphatic carbocycles. The van der Waals surface area contributed by atoms with Crippen molar-refractivity contribution in [2.75, 3.05) is 0 Å². The summed E-state index contributed by atoms with van der Waals surface area (Å²) in [6.45, 7) is 0. The highest BCUT2D eigenvalue weighted by atomic mass is 16.1. The second kappa shape index (κ2) is 4.69. The van der Waals surface area contributed by atoms with Gasteiger partial charge in [0, 0.05) is 11.8 Å². The molecule has 1 heterocycles. The van der Waals surface area contributed by atoms with Crippen LogP contribution in [-0.2, 0) is 0 Å². The van der Waals surface area contributed by atoms with E-state index in [1.54, 1.807) is 12.3 Å². The van der Waals surface area contributed by atoms with Gasteiger partial charge in [-0.15, -0.1) is 0 Å². The van der Waals surface area contributed by atoms with Gasteiger partial charge in [0.15, 0.2) is 0 Å². The van der Waals surface area contributed by atoms with Crippen LogP contribution in [0.4, 0.5) is 0 Å². The Morgan fingerprint density at radius 3 is 2.67 bits per heavy atom. The zero-order valence-electron chi connectivity index (χ0n) is 10.0. The van der Waals surface area contributed by atoms with Crippen LogP contribution in [-0.4, -0.2) is 15.8 Å². The van der Waals surface area contributed by atoms with Crippen LogP contribution in [0.25, 0.3) is 0 Å². The molecule has 0 spiro atoms. The quantitative estimate of drug-likeness (QED) is 0.772. The van der Waals surface area contributed by atoms with E-state index in [0.717, 1.165) is 5.56 Å². The molecule has 0 unspecified atom stereocenters. The third-order valence-electron chi connectivity index (χ3n) is 3.57. The number of nitrogens with zero attached hydrogens (tertiary/aromatic N) is 2. The van der Waals surface area contributed by atoms with Gasteiger partial charge in [0.2, 0.25) is 5.78 Å². The summed E-state index contributed by atoms with van der Waals surface area (Å²) in [5.74, 6) is 0.548. The van der Waals surface area contributed by atoms with Gasteiger partial charge in [0.05, 0.1) is 0 Å². The molecule has 0 amide bonds. The van der Waals surface area contributed by atoms with E-state index in [2.05, 4.69) is 16.0 Å². The van der Waals surface area contributed by atoms with Crippen LogP contribution in [0.2, 0.25) is 0 Å². The zero-order valence-corrected chi connectivity index (χ0v) is 10.0. The Morgan fingerprint density at radius 1 is 1.17 bits per heavy atom. The van der Waals surface area contributed by atoms with Crippen molar-refractivity contribution >= 4 is 5.78 Å². The van der Waals surface area contributed by atoms with Gasteiger partial charge >= 0.3 is 0 Å². The number of hydrogen-bond donors (Lipinski definition) is 0. The Labute approximate surface area is 106 Å². The van der Waals surface area contributed by atoms with Crippen LogP contribution in [0.3, 0.4) is 0 Å². The molecule has 0 saturated heterocycles. The predicted molar refractivity (Wildman–Crippen MR) is 68.5 cm³/mol. The molecule has 0 bridgehead atoms. The van der Waals surface area contributed by atoms with Crippen LogP contribution in [0, 0.1) is 0 Å². The molecule has 3 rings (SSSR count). The molecule has 1 aromatic carbocycles. The summed E-state index contributed by atoms with van der Waals surface area (Å²) in [6, 6.07) is 9.55. The first kappa shape index (κ1) is 11.1. The van der Waals surface area contributed by atoms with Gasteiger partial charge < -0.3 is 0 Å². The van der Waals surface area contributed by atoms with Crippen molar-refractivity contribution in [2.24, 2.45) is 0 Å². The minimum absolute atomic E-state index is 0.0000926. The summed E-state index contributed by atoms with van der Waals surface area (Å²) in [6.07, 6.45) is 6.66. The lowest BCUT2D eigenvalue weighted by molar-refractivity contribution is 0.103. The highest BCUT2D eigenvalue weighted by molar-refractivity contribution is 6.08. The number of ketones is 1. The number of hydrogen-bond acceptors (Lipinski definition) is 3. The molecule has 90 valence electrons. The first-order valence-electron chi connectivity index (χ1n) is 6.26. The molecule has 0 N–H and O–H groups in total. The fourth-order valence-corrected chi connectivity index (χ4v) is 2.34. The normalized spacial score (nSPS) is 15.1. The first-order valence-corrected chi connectivity index (χ1v) is 6.26. The Hall–Kier alpha value is -2.03. The summed E-state index contributed by atoms with van der Waals surface area (Å²) in [5.41, 5.74) is 2.44. The van der Waals surface area contributed by atoms with Crippen molar-refractivity contribution in [1.82, 2.24) is 9.97 Å². The standard InChI is InChI=1S/C15H14N2O/c18-15(14-8-9-16-10-17-14)13-7-2-1-6-12(13)11-4-3-5-11/h1-2,6-11H,3-5H2. The van der Waals surface area contributed by atoms with Crippen molar-refractivity contribution in [2.45, 2.75) is 25.2 Å². The third-order valence-corrected chi connectivity index (χ3v) is 3.57. The molecule has 0 radical (unpaired) electrons. The lowest BCUT2D eigenvalue weighted by atomic mass is 9.77. The number of carbonyl (C=O) groups is 1. The monoisotopic (exact) mass is 238 g/mol. The summed E-state index contributed by atoms with van der Waals surface area (Å²) < 4.78 is 0. The second-order valence-electron chi connectivity index (χ2n) is 4.64. The molecule has 1 fully saturated rings. The van der Waals surface area contributed by atoms with Crippen LogP contribution < -0.4 is 0 Å². The molecule has 0 aliphatic heterocycles. The van der Waals surface area contributed by atoms with E-state index in [1.807, 2.05) is 18.2 Å². The highest BCUT2D eigenvalue weighted by Gasteiger charge is 2.24. The maximum Gasteiger partial charge on any atom is 0.211 e.